The third-order valence-electron chi connectivity index (χ3n) is 7.33. The highest BCUT2D eigenvalue weighted by Gasteiger charge is 2.59. The van der Waals surface area contributed by atoms with Crippen LogP contribution < -0.4 is 10.2 Å². The van der Waals surface area contributed by atoms with Gasteiger partial charge in [-0.3, -0.25) is 4.79 Å². The number of nitrogens with one attached hydrogen (secondary N) is 1. The van der Waals surface area contributed by atoms with E-state index in [1.165, 1.54) is 27.4 Å². The molecule has 3 heterocycles. The number of aromatic nitrogens is 1. The summed E-state index contributed by atoms with van der Waals surface area (Å²) in [5, 5.41) is 5.81. The molecule has 6 rings (SSSR count). The smallest absolute Gasteiger partial charge is 0.241 e. The van der Waals surface area contributed by atoms with E-state index in [-0.39, 0.29) is 11.3 Å². The van der Waals surface area contributed by atoms with E-state index in [9.17, 15) is 4.79 Å². The van der Waals surface area contributed by atoms with Gasteiger partial charge in [-0.05, 0) is 41.5 Å². The SMILES string of the molecule is Cn1c2ccccc2c2cc(/C=C/[C@@]34NC(=O)CN3c3ccccc3C4(C)C)ccc21. The first-order valence-electron chi connectivity index (χ1n) is 10.8. The summed E-state index contributed by atoms with van der Waals surface area (Å²) in [5.41, 5.74) is 5.17. The number of carbonyl (C=O) groups excluding carboxylic acids is 1. The second-order valence-corrected chi connectivity index (χ2v) is 9.23. The first-order chi connectivity index (χ1) is 14.9. The van der Waals surface area contributed by atoms with Gasteiger partial charge in [-0.2, -0.15) is 0 Å². The van der Waals surface area contributed by atoms with Gasteiger partial charge in [-0.15, -0.1) is 0 Å². The summed E-state index contributed by atoms with van der Waals surface area (Å²) in [6.45, 7) is 4.82. The van der Waals surface area contributed by atoms with E-state index < -0.39 is 5.66 Å². The first kappa shape index (κ1) is 18.3. The number of nitrogens with zero attached hydrogens (tertiary/aromatic N) is 2. The minimum atomic E-state index is -0.568. The highest BCUT2D eigenvalue weighted by molar-refractivity contribution is 6.08. The fourth-order valence-corrected chi connectivity index (χ4v) is 5.65. The third kappa shape index (κ3) is 2.27. The summed E-state index contributed by atoms with van der Waals surface area (Å²) < 4.78 is 2.24. The molecular weight excluding hydrogens is 382 g/mol. The standard InChI is InChI=1S/C27H25N3O/c1-26(2)21-9-5-7-11-24(21)30-17-25(31)28-27(26,30)15-14-18-12-13-23-20(16-18)19-8-4-6-10-22(19)29(23)3/h4-16H,17H2,1-3H3,(H,28,31)/b15-14+/t27-/m1/s1. The Kier molecular flexibility index (Phi) is 3.54. The number of aryl methyl sites for hydroxylation is 1. The molecule has 4 aromatic rings. The summed E-state index contributed by atoms with van der Waals surface area (Å²) >= 11 is 0. The summed E-state index contributed by atoms with van der Waals surface area (Å²) in [4.78, 5) is 14.7. The molecule has 0 unspecified atom stereocenters. The van der Waals surface area contributed by atoms with Crippen LogP contribution >= 0.6 is 0 Å². The predicted octanol–water partition coefficient (Wildman–Crippen LogP) is 4.97. The van der Waals surface area contributed by atoms with Crippen molar-refractivity contribution in [3.05, 3.63) is 83.9 Å². The van der Waals surface area contributed by atoms with Gasteiger partial charge in [-0.25, -0.2) is 0 Å². The molecule has 4 heteroatoms. The lowest BCUT2D eigenvalue weighted by atomic mass is 9.75. The monoisotopic (exact) mass is 407 g/mol. The van der Waals surface area contributed by atoms with Crippen molar-refractivity contribution in [2.45, 2.75) is 24.9 Å². The zero-order valence-corrected chi connectivity index (χ0v) is 18.0. The van der Waals surface area contributed by atoms with E-state index >= 15 is 0 Å². The Balaban J connectivity index is 1.49. The third-order valence-corrected chi connectivity index (χ3v) is 7.33. The number of para-hydroxylation sites is 2. The number of anilines is 1. The maximum absolute atomic E-state index is 12.5. The van der Waals surface area contributed by atoms with Crippen LogP contribution in [0.2, 0.25) is 0 Å². The average molecular weight is 408 g/mol. The molecule has 0 aliphatic carbocycles. The van der Waals surface area contributed by atoms with E-state index in [0.717, 1.165) is 11.3 Å². The lowest BCUT2D eigenvalue weighted by molar-refractivity contribution is -0.118. The van der Waals surface area contributed by atoms with Gasteiger partial charge >= 0.3 is 0 Å². The van der Waals surface area contributed by atoms with E-state index in [1.807, 2.05) is 6.07 Å². The maximum Gasteiger partial charge on any atom is 0.241 e. The first-order valence-corrected chi connectivity index (χ1v) is 10.8. The van der Waals surface area contributed by atoms with Crippen LogP contribution in [-0.2, 0) is 17.3 Å². The van der Waals surface area contributed by atoms with Gasteiger partial charge in [0.15, 0.2) is 0 Å². The molecule has 1 saturated heterocycles. The van der Waals surface area contributed by atoms with Crippen molar-refractivity contribution in [3.8, 4) is 0 Å². The molecule has 31 heavy (non-hydrogen) atoms. The molecule has 3 aromatic carbocycles. The summed E-state index contributed by atoms with van der Waals surface area (Å²) in [5.74, 6) is 0.0664. The second-order valence-electron chi connectivity index (χ2n) is 9.23. The Hall–Kier alpha value is -3.53. The molecule has 0 bridgehead atoms. The minimum Gasteiger partial charge on any atom is -0.344 e. The lowest BCUT2D eigenvalue weighted by Gasteiger charge is -2.40. The Morgan fingerprint density at radius 3 is 2.55 bits per heavy atom. The van der Waals surface area contributed by atoms with Crippen molar-refractivity contribution in [1.82, 2.24) is 9.88 Å². The fourth-order valence-electron chi connectivity index (χ4n) is 5.65. The Morgan fingerprint density at radius 1 is 0.935 bits per heavy atom. The normalized spacial score (nSPS) is 21.8. The largest absolute Gasteiger partial charge is 0.344 e. The number of carbonyl (C=O) groups is 1. The van der Waals surface area contributed by atoms with E-state index in [2.05, 4.69) is 108 Å². The molecule has 1 aromatic heterocycles. The van der Waals surface area contributed by atoms with Crippen LogP contribution in [0.4, 0.5) is 5.69 Å². The van der Waals surface area contributed by atoms with Crippen molar-refractivity contribution < 1.29 is 4.79 Å². The Labute approximate surface area is 181 Å². The molecule has 154 valence electrons. The molecule has 0 spiro atoms. The van der Waals surface area contributed by atoms with Gasteiger partial charge in [0.05, 0.1) is 6.54 Å². The van der Waals surface area contributed by atoms with Gasteiger partial charge in [0.2, 0.25) is 5.91 Å². The van der Waals surface area contributed by atoms with Crippen molar-refractivity contribution in [2.75, 3.05) is 11.4 Å². The van der Waals surface area contributed by atoms with Gasteiger partial charge in [0.1, 0.15) is 5.66 Å². The van der Waals surface area contributed by atoms with Crippen LogP contribution in [0.1, 0.15) is 25.0 Å². The number of fused-ring (bicyclic) bond motifs is 6. The molecule has 1 N–H and O–H groups in total. The van der Waals surface area contributed by atoms with E-state index in [0.29, 0.717) is 6.54 Å². The maximum atomic E-state index is 12.5. The van der Waals surface area contributed by atoms with Crippen LogP contribution in [0.25, 0.3) is 27.9 Å². The van der Waals surface area contributed by atoms with Gasteiger partial charge in [0, 0.05) is 40.0 Å². The Morgan fingerprint density at radius 2 is 1.68 bits per heavy atom. The molecule has 0 saturated carbocycles. The second kappa shape index (κ2) is 6.01. The summed E-state index contributed by atoms with van der Waals surface area (Å²) in [6, 6.07) is 23.5. The minimum absolute atomic E-state index is 0.0664. The van der Waals surface area contributed by atoms with Crippen LogP contribution in [0.15, 0.2) is 72.8 Å². The lowest BCUT2D eigenvalue weighted by Crippen LogP contribution is -2.58. The zero-order chi connectivity index (χ0) is 21.4. The number of hydrogen-bond acceptors (Lipinski definition) is 2. The summed E-state index contributed by atoms with van der Waals surface area (Å²) in [6.07, 6.45) is 4.34. The molecule has 4 nitrogen and oxygen atoms in total. The highest BCUT2D eigenvalue weighted by Crippen LogP contribution is 2.52. The van der Waals surface area contributed by atoms with E-state index in [4.69, 9.17) is 0 Å². The van der Waals surface area contributed by atoms with Crippen LogP contribution in [-0.4, -0.2) is 22.7 Å². The van der Waals surface area contributed by atoms with Crippen molar-refractivity contribution in [3.63, 3.8) is 0 Å². The summed E-state index contributed by atoms with van der Waals surface area (Å²) in [7, 11) is 2.11. The fraction of sp³-hybridized carbons (Fsp3) is 0.222. The molecule has 2 aliphatic heterocycles. The van der Waals surface area contributed by atoms with Crippen molar-refractivity contribution >= 4 is 39.5 Å². The molecule has 0 radical (unpaired) electrons. The van der Waals surface area contributed by atoms with Crippen LogP contribution in [0.5, 0.6) is 0 Å². The number of amides is 1. The number of rotatable bonds is 2. The average Bonchev–Trinajstić information content (AvgIpc) is 3.33. The van der Waals surface area contributed by atoms with Crippen LogP contribution in [0, 0.1) is 0 Å². The van der Waals surface area contributed by atoms with Crippen LogP contribution in [0.3, 0.4) is 0 Å². The topological polar surface area (TPSA) is 37.3 Å². The predicted molar refractivity (Wildman–Crippen MR) is 127 cm³/mol. The van der Waals surface area contributed by atoms with Gasteiger partial charge in [0.25, 0.3) is 0 Å². The highest BCUT2D eigenvalue weighted by atomic mass is 16.2. The number of hydrogen-bond donors (Lipinski definition) is 1. The number of benzene rings is 3. The van der Waals surface area contributed by atoms with E-state index in [1.54, 1.807) is 0 Å². The quantitative estimate of drug-likeness (QED) is 0.509. The molecular formula is C27H25N3O. The zero-order valence-electron chi connectivity index (χ0n) is 18.0. The van der Waals surface area contributed by atoms with Gasteiger partial charge < -0.3 is 14.8 Å². The van der Waals surface area contributed by atoms with Gasteiger partial charge in [-0.1, -0.05) is 62.4 Å². The molecule has 1 atom stereocenters. The van der Waals surface area contributed by atoms with Crippen molar-refractivity contribution in [1.29, 1.82) is 0 Å². The molecule has 1 amide bonds. The van der Waals surface area contributed by atoms with Crippen molar-refractivity contribution in [2.24, 2.45) is 7.05 Å². The Bertz CT molecular complexity index is 1410. The molecule has 1 fully saturated rings. The molecule has 2 aliphatic rings.